The second-order valence-electron chi connectivity index (χ2n) is 6.99. The number of aliphatic hydroxyl groups is 5. The normalized spacial score (nSPS) is 32.6. The molecular formula is C18H34O7. The molecule has 0 heterocycles. The highest BCUT2D eigenvalue weighted by Crippen LogP contribution is 2.24. The van der Waals surface area contributed by atoms with E-state index in [1.165, 1.54) is 32.1 Å². The molecule has 0 amide bonds. The van der Waals surface area contributed by atoms with Crippen LogP contribution >= 0.6 is 0 Å². The second kappa shape index (κ2) is 11.8. The van der Waals surface area contributed by atoms with Crippen molar-refractivity contribution < 1.29 is 35.1 Å². The number of hydrogen-bond donors (Lipinski definition) is 5. The summed E-state index contributed by atoms with van der Waals surface area (Å²) in [6.07, 6.45) is 0.417. The van der Waals surface area contributed by atoms with Gasteiger partial charge in [0.25, 0.3) is 0 Å². The first-order valence-electron chi connectivity index (χ1n) is 9.50. The number of unbranched alkanes of at least 4 members (excludes halogenated alkanes) is 8. The molecule has 2 unspecified atom stereocenters. The van der Waals surface area contributed by atoms with Crippen LogP contribution in [0.15, 0.2) is 0 Å². The topological polar surface area (TPSA) is 127 Å². The van der Waals surface area contributed by atoms with Crippen molar-refractivity contribution in [2.45, 2.75) is 108 Å². The number of aliphatic hydroxyl groups excluding tert-OH is 5. The van der Waals surface area contributed by atoms with Crippen LogP contribution in [0.4, 0.5) is 0 Å². The van der Waals surface area contributed by atoms with Crippen LogP contribution in [0.2, 0.25) is 0 Å². The minimum Gasteiger partial charge on any atom is -0.457 e. The fourth-order valence-electron chi connectivity index (χ4n) is 3.13. The first-order valence-corrected chi connectivity index (χ1v) is 9.50. The fourth-order valence-corrected chi connectivity index (χ4v) is 3.13. The molecule has 6 atom stereocenters. The van der Waals surface area contributed by atoms with Gasteiger partial charge >= 0.3 is 5.97 Å². The Hall–Kier alpha value is -0.730. The van der Waals surface area contributed by atoms with Crippen molar-refractivity contribution in [2.75, 3.05) is 0 Å². The standard InChI is InChI=1S/C18H34O7/c1-2-3-4-5-6-7-8-9-10-11-12(19)25-18-16(23)14(21)13(20)15(22)17(18)24/h13-18,20-24H,2-11H2,1H3/t13?,14-,15+,16-,17-,18?/m1/s1. The van der Waals surface area contributed by atoms with Crippen LogP contribution in [0.5, 0.6) is 0 Å². The highest BCUT2D eigenvalue weighted by atomic mass is 16.6. The number of ether oxygens (including phenoxy) is 1. The Labute approximate surface area is 149 Å². The largest absolute Gasteiger partial charge is 0.457 e. The first-order chi connectivity index (χ1) is 11.9. The molecule has 1 aliphatic rings. The summed E-state index contributed by atoms with van der Waals surface area (Å²) in [5.74, 6) is -0.596. The van der Waals surface area contributed by atoms with Gasteiger partial charge in [-0.25, -0.2) is 0 Å². The van der Waals surface area contributed by atoms with Crippen LogP contribution in [0.1, 0.15) is 71.1 Å². The molecule has 148 valence electrons. The lowest BCUT2D eigenvalue weighted by Gasteiger charge is -2.41. The van der Waals surface area contributed by atoms with Gasteiger partial charge in [-0.1, -0.05) is 58.3 Å². The Morgan fingerprint density at radius 1 is 0.680 bits per heavy atom. The van der Waals surface area contributed by atoms with E-state index in [4.69, 9.17) is 4.74 Å². The Balaban J connectivity index is 2.19. The summed E-state index contributed by atoms with van der Waals surface area (Å²) in [7, 11) is 0. The summed E-state index contributed by atoms with van der Waals surface area (Å²) >= 11 is 0. The van der Waals surface area contributed by atoms with Crippen LogP contribution in [-0.4, -0.2) is 68.1 Å². The zero-order valence-electron chi connectivity index (χ0n) is 15.1. The van der Waals surface area contributed by atoms with E-state index in [0.29, 0.717) is 6.42 Å². The van der Waals surface area contributed by atoms with Crippen LogP contribution < -0.4 is 0 Å². The van der Waals surface area contributed by atoms with E-state index in [2.05, 4.69) is 6.92 Å². The summed E-state index contributed by atoms with van der Waals surface area (Å²) in [4.78, 5) is 11.8. The maximum absolute atomic E-state index is 11.8. The van der Waals surface area contributed by atoms with Crippen molar-refractivity contribution in [2.24, 2.45) is 0 Å². The molecule has 1 saturated carbocycles. The molecule has 1 aliphatic carbocycles. The van der Waals surface area contributed by atoms with Crippen molar-refractivity contribution in [3.8, 4) is 0 Å². The van der Waals surface area contributed by atoms with Crippen LogP contribution in [-0.2, 0) is 9.53 Å². The van der Waals surface area contributed by atoms with E-state index in [1.807, 2.05) is 0 Å². The van der Waals surface area contributed by atoms with Crippen molar-refractivity contribution in [3.63, 3.8) is 0 Å². The van der Waals surface area contributed by atoms with Crippen molar-refractivity contribution >= 4 is 5.97 Å². The minimum absolute atomic E-state index is 0.153. The molecule has 7 heteroatoms. The maximum atomic E-state index is 11.8. The molecule has 0 spiro atoms. The average Bonchev–Trinajstić information content (AvgIpc) is 2.60. The quantitative estimate of drug-likeness (QED) is 0.269. The predicted octanol–water partition coefficient (Wildman–Crippen LogP) is 0.637. The molecular weight excluding hydrogens is 328 g/mol. The number of rotatable bonds is 11. The summed E-state index contributed by atoms with van der Waals surface area (Å²) < 4.78 is 5.01. The molecule has 0 bridgehead atoms. The lowest BCUT2D eigenvalue weighted by molar-refractivity contribution is -0.233. The summed E-state index contributed by atoms with van der Waals surface area (Å²) in [6.45, 7) is 2.19. The Kier molecular flexibility index (Phi) is 10.5. The molecule has 5 N–H and O–H groups in total. The third-order valence-electron chi connectivity index (χ3n) is 4.82. The molecule has 25 heavy (non-hydrogen) atoms. The van der Waals surface area contributed by atoms with E-state index >= 15 is 0 Å². The van der Waals surface area contributed by atoms with E-state index < -0.39 is 42.6 Å². The van der Waals surface area contributed by atoms with Gasteiger partial charge in [0, 0.05) is 6.42 Å². The summed E-state index contributed by atoms with van der Waals surface area (Å²) in [6, 6.07) is 0. The van der Waals surface area contributed by atoms with Gasteiger partial charge in [-0.3, -0.25) is 4.79 Å². The first kappa shape index (κ1) is 22.3. The predicted molar refractivity (Wildman–Crippen MR) is 91.8 cm³/mol. The number of carbonyl (C=O) groups excluding carboxylic acids is 1. The van der Waals surface area contributed by atoms with Crippen LogP contribution in [0.25, 0.3) is 0 Å². The molecule has 7 nitrogen and oxygen atoms in total. The Morgan fingerprint density at radius 2 is 1.08 bits per heavy atom. The average molecular weight is 362 g/mol. The van der Waals surface area contributed by atoms with Crippen molar-refractivity contribution in [1.29, 1.82) is 0 Å². The highest BCUT2D eigenvalue weighted by molar-refractivity contribution is 5.69. The molecule has 0 aliphatic heterocycles. The fraction of sp³-hybridized carbons (Fsp3) is 0.944. The Bertz CT molecular complexity index is 360. The third kappa shape index (κ3) is 7.19. The van der Waals surface area contributed by atoms with Gasteiger partial charge in [0.05, 0.1) is 0 Å². The molecule has 0 radical (unpaired) electrons. The van der Waals surface area contributed by atoms with E-state index in [1.54, 1.807) is 0 Å². The smallest absolute Gasteiger partial charge is 0.306 e. The number of esters is 1. The lowest BCUT2D eigenvalue weighted by atomic mass is 9.85. The van der Waals surface area contributed by atoms with Gasteiger partial charge in [0.15, 0.2) is 6.10 Å². The van der Waals surface area contributed by atoms with Gasteiger partial charge in [0.2, 0.25) is 0 Å². The van der Waals surface area contributed by atoms with Crippen molar-refractivity contribution in [3.05, 3.63) is 0 Å². The monoisotopic (exact) mass is 362 g/mol. The SMILES string of the molecule is CCCCCCCCCCCC(=O)OC1[C@H](O)[C@H](O)C(O)[C@H](O)[C@H]1O. The number of carbonyl (C=O) groups is 1. The van der Waals surface area contributed by atoms with E-state index in [-0.39, 0.29) is 6.42 Å². The van der Waals surface area contributed by atoms with Gasteiger partial charge in [-0.2, -0.15) is 0 Å². The van der Waals surface area contributed by atoms with Gasteiger partial charge in [0.1, 0.15) is 30.5 Å². The second-order valence-corrected chi connectivity index (χ2v) is 6.99. The zero-order chi connectivity index (χ0) is 18.8. The van der Waals surface area contributed by atoms with Gasteiger partial charge in [-0.15, -0.1) is 0 Å². The molecule has 0 saturated heterocycles. The summed E-state index contributed by atoms with van der Waals surface area (Å²) in [5.41, 5.74) is 0. The molecule has 0 aromatic heterocycles. The van der Waals surface area contributed by atoms with Gasteiger partial charge < -0.3 is 30.3 Å². The Morgan fingerprint density at radius 3 is 1.56 bits per heavy atom. The van der Waals surface area contributed by atoms with E-state index in [0.717, 1.165) is 19.3 Å². The van der Waals surface area contributed by atoms with E-state index in [9.17, 15) is 30.3 Å². The summed E-state index contributed by atoms with van der Waals surface area (Å²) in [5, 5.41) is 48.3. The van der Waals surface area contributed by atoms with Crippen LogP contribution in [0, 0.1) is 0 Å². The van der Waals surface area contributed by atoms with Crippen LogP contribution in [0.3, 0.4) is 0 Å². The molecule has 0 aromatic carbocycles. The highest BCUT2D eigenvalue weighted by Gasteiger charge is 2.50. The van der Waals surface area contributed by atoms with Crippen molar-refractivity contribution in [1.82, 2.24) is 0 Å². The minimum atomic E-state index is -1.68. The third-order valence-corrected chi connectivity index (χ3v) is 4.82. The molecule has 1 fully saturated rings. The zero-order valence-corrected chi connectivity index (χ0v) is 15.1. The van der Waals surface area contributed by atoms with Gasteiger partial charge in [-0.05, 0) is 6.42 Å². The number of hydrogen-bond acceptors (Lipinski definition) is 7. The molecule has 1 rings (SSSR count). The lowest BCUT2D eigenvalue weighted by Crippen LogP contribution is -2.64. The maximum Gasteiger partial charge on any atom is 0.306 e. The molecule has 0 aromatic rings.